The molecule has 0 atom stereocenters. The van der Waals surface area contributed by atoms with Gasteiger partial charge in [0, 0.05) is 5.56 Å². The molecule has 1 N–H and O–H groups in total. The van der Waals surface area contributed by atoms with Gasteiger partial charge in [0.2, 0.25) is 0 Å². The minimum absolute atomic E-state index is 0.666. The van der Waals surface area contributed by atoms with Crippen molar-refractivity contribution >= 4 is 5.71 Å². The van der Waals surface area contributed by atoms with Gasteiger partial charge in [0.15, 0.2) is 11.5 Å². The van der Waals surface area contributed by atoms with E-state index in [-0.39, 0.29) is 0 Å². The monoisotopic (exact) mass is 207 g/mol. The molecule has 0 heterocycles. The summed E-state index contributed by atoms with van der Waals surface area (Å²) in [6.45, 7) is 0. The molecule has 1 aromatic carbocycles. The minimum Gasteiger partial charge on any atom is -0.493 e. The van der Waals surface area contributed by atoms with E-state index < -0.39 is 0 Å². The van der Waals surface area contributed by atoms with Gasteiger partial charge in [-0.2, -0.15) is 0 Å². The van der Waals surface area contributed by atoms with Gasteiger partial charge < -0.3 is 14.7 Å². The molecule has 1 aromatic rings. The summed E-state index contributed by atoms with van der Waals surface area (Å²) in [7, 11) is 3.20. The largest absolute Gasteiger partial charge is 0.493 e. The summed E-state index contributed by atoms with van der Waals surface area (Å²) in [6, 6.07) is 3.79. The van der Waals surface area contributed by atoms with Crippen LogP contribution in [0.4, 0.5) is 0 Å². The molecule has 0 spiro atoms. The molecule has 4 heteroatoms. The van der Waals surface area contributed by atoms with E-state index in [0.717, 1.165) is 29.7 Å². The minimum atomic E-state index is 0.666. The fourth-order valence-corrected chi connectivity index (χ4v) is 1.89. The number of ether oxygens (including phenoxy) is 2. The Balaban J connectivity index is 2.54. The van der Waals surface area contributed by atoms with E-state index in [2.05, 4.69) is 5.16 Å². The second-order valence-electron chi connectivity index (χ2n) is 3.41. The van der Waals surface area contributed by atoms with Crippen molar-refractivity contribution in [3.05, 3.63) is 23.3 Å². The molecule has 0 radical (unpaired) electrons. The third-order valence-corrected chi connectivity index (χ3v) is 2.67. The van der Waals surface area contributed by atoms with Crippen LogP contribution in [0.3, 0.4) is 0 Å². The summed E-state index contributed by atoms with van der Waals surface area (Å²) in [5, 5.41) is 12.1. The third kappa shape index (κ3) is 1.52. The third-order valence-electron chi connectivity index (χ3n) is 2.67. The predicted octanol–water partition coefficient (Wildman–Crippen LogP) is 1.83. The Hall–Kier alpha value is -1.71. The van der Waals surface area contributed by atoms with Crippen molar-refractivity contribution in [3.63, 3.8) is 0 Å². The maximum Gasteiger partial charge on any atom is 0.161 e. The molecule has 0 amide bonds. The molecule has 1 aliphatic carbocycles. The zero-order valence-corrected chi connectivity index (χ0v) is 8.78. The number of hydrogen-bond acceptors (Lipinski definition) is 4. The van der Waals surface area contributed by atoms with Crippen molar-refractivity contribution in [3.8, 4) is 11.5 Å². The Bertz CT molecular complexity index is 413. The Morgan fingerprint density at radius 1 is 1.13 bits per heavy atom. The van der Waals surface area contributed by atoms with Gasteiger partial charge in [0.25, 0.3) is 0 Å². The molecule has 0 saturated carbocycles. The van der Waals surface area contributed by atoms with E-state index in [1.165, 1.54) is 0 Å². The molecule has 0 unspecified atom stereocenters. The van der Waals surface area contributed by atoms with E-state index in [4.69, 9.17) is 14.7 Å². The van der Waals surface area contributed by atoms with E-state index >= 15 is 0 Å². The van der Waals surface area contributed by atoms with Crippen LogP contribution in [-0.4, -0.2) is 25.1 Å². The maximum atomic E-state index is 8.82. The highest BCUT2D eigenvalue weighted by Crippen LogP contribution is 2.34. The van der Waals surface area contributed by atoms with Gasteiger partial charge >= 0.3 is 0 Å². The Morgan fingerprint density at radius 2 is 1.80 bits per heavy atom. The molecule has 80 valence electrons. The Labute approximate surface area is 88.1 Å². The SMILES string of the molecule is COc1cc2c(cc1OC)C(=NO)CC2. The summed E-state index contributed by atoms with van der Waals surface area (Å²) >= 11 is 0. The Kier molecular flexibility index (Phi) is 2.49. The lowest BCUT2D eigenvalue weighted by Crippen LogP contribution is -1.97. The van der Waals surface area contributed by atoms with Crippen molar-refractivity contribution in [2.75, 3.05) is 14.2 Å². The molecule has 0 saturated heterocycles. The number of methoxy groups -OCH3 is 2. The highest BCUT2D eigenvalue weighted by molar-refractivity contribution is 6.04. The normalized spacial score (nSPS) is 16.5. The molecule has 0 fully saturated rings. The van der Waals surface area contributed by atoms with Crippen LogP contribution in [0.1, 0.15) is 17.5 Å². The first-order valence-corrected chi connectivity index (χ1v) is 4.76. The van der Waals surface area contributed by atoms with Crippen LogP contribution < -0.4 is 9.47 Å². The second-order valence-corrected chi connectivity index (χ2v) is 3.41. The van der Waals surface area contributed by atoms with Crippen LogP contribution in [0.15, 0.2) is 17.3 Å². The fraction of sp³-hybridized carbons (Fsp3) is 0.364. The summed E-state index contributed by atoms with van der Waals surface area (Å²) in [5.41, 5.74) is 2.81. The standard InChI is InChI=1S/C11H13NO3/c1-14-10-5-7-3-4-9(12-13)8(7)6-11(10)15-2/h5-6,13H,3-4H2,1-2H3. The lowest BCUT2D eigenvalue weighted by molar-refractivity contribution is 0.318. The quantitative estimate of drug-likeness (QED) is 0.594. The average Bonchev–Trinajstić information content (AvgIpc) is 2.68. The van der Waals surface area contributed by atoms with Crippen molar-refractivity contribution in [1.29, 1.82) is 0 Å². The van der Waals surface area contributed by atoms with Crippen LogP contribution in [0.2, 0.25) is 0 Å². The topological polar surface area (TPSA) is 51.0 Å². The summed E-state index contributed by atoms with van der Waals surface area (Å²) in [4.78, 5) is 0. The highest BCUT2D eigenvalue weighted by Gasteiger charge is 2.21. The van der Waals surface area contributed by atoms with Crippen LogP contribution >= 0.6 is 0 Å². The summed E-state index contributed by atoms with van der Waals surface area (Å²) < 4.78 is 10.4. The van der Waals surface area contributed by atoms with Crippen LogP contribution in [0, 0.1) is 0 Å². The molecular formula is C11H13NO3. The first kappa shape index (κ1) is 9.83. The van der Waals surface area contributed by atoms with Gasteiger partial charge in [-0.05, 0) is 30.5 Å². The molecule has 0 aliphatic heterocycles. The Morgan fingerprint density at radius 3 is 2.40 bits per heavy atom. The lowest BCUT2D eigenvalue weighted by atomic mass is 10.1. The van der Waals surface area contributed by atoms with Crippen molar-refractivity contribution in [2.45, 2.75) is 12.8 Å². The molecule has 0 bridgehead atoms. The number of aryl methyl sites for hydroxylation is 1. The average molecular weight is 207 g/mol. The van der Waals surface area contributed by atoms with Gasteiger partial charge in [0.1, 0.15) is 0 Å². The maximum absolute atomic E-state index is 8.82. The molecule has 4 nitrogen and oxygen atoms in total. The number of benzene rings is 1. The summed E-state index contributed by atoms with van der Waals surface area (Å²) in [5.74, 6) is 1.38. The smallest absolute Gasteiger partial charge is 0.161 e. The number of fused-ring (bicyclic) bond motifs is 1. The number of oxime groups is 1. The number of rotatable bonds is 2. The molecule has 2 rings (SSSR count). The number of hydrogen-bond donors (Lipinski definition) is 1. The molecule has 1 aliphatic rings. The van der Waals surface area contributed by atoms with Crippen LogP contribution in [-0.2, 0) is 6.42 Å². The zero-order chi connectivity index (χ0) is 10.8. The number of nitrogens with zero attached hydrogens (tertiary/aromatic N) is 1. The van der Waals surface area contributed by atoms with E-state index in [0.29, 0.717) is 11.5 Å². The first-order valence-electron chi connectivity index (χ1n) is 4.76. The van der Waals surface area contributed by atoms with Crippen molar-refractivity contribution < 1.29 is 14.7 Å². The molecule has 0 aromatic heterocycles. The van der Waals surface area contributed by atoms with Crippen molar-refractivity contribution in [2.24, 2.45) is 5.16 Å². The van der Waals surface area contributed by atoms with E-state index in [1.807, 2.05) is 12.1 Å². The highest BCUT2D eigenvalue weighted by atomic mass is 16.5. The van der Waals surface area contributed by atoms with Crippen LogP contribution in [0.25, 0.3) is 0 Å². The predicted molar refractivity (Wildman–Crippen MR) is 56.2 cm³/mol. The molecular weight excluding hydrogens is 194 g/mol. The van der Waals surface area contributed by atoms with Crippen LogP contribution in [0.5, 0.6) is 11.5 Å². The summed E-state index contributed by atoms with van der Waals surface area (Å²) in [6.07, 6.45) is 1.65. The van der Waals surface area contributed by atoms with Gasteiger partial charge in [-0.1, -0.05) is 5.16 Å². The first-order chi connectivity index (χ1) is 7.30. The second kappa shape index (κ2) is 3.81. The fourth-order valence-electron chi connectivity index (χ4n) is 1.89. The van der Waals surface area contributed by atoms with Gasteiger partial charge in [0.05, 0.1) is 19.9 Å². The molecule has 15 heavy (non-hydrogen) atoms. The van der Waals surface area contributed by atoms with E-state index in [1.54, 1.807) is 14.2 Å². The van der Waals surface area contributed by atoms with E-state index in [9.17, 15) is 0 Å². The lowest BCUT2D eigenvalue weighted by Gasteiger charge is -2.09. The van der Waals surface area contributed by atoms with Gasteiger partial charge in [-0.3, -0.25) is 0 Å². The zero-order valence-electron chi connectivity index (χ0n) is 8.78. The van der Waals surface area contributed by atoms with Crippen molar-refractivity contribution in [1.82, 2.24) is 0 Å². The van der Waals surface area contributed by atoms with Gasteiger partial charge in [-0.15, -0.1) is 0 Å². The van der Waals surface area contributed by atoms with Gasteiger partial charge in [-0.25, -0.2) is 0 Å².